The fourth-order valence-corrected chi connectivity index (χ4v) is 3.84. The lowest BCUT2D eigenvalue weighted by Gasteiger charge is -2.21. The quantitative estimate of drug-likeness (QED) is 0.500. The molecule has 1 fully saturated rings. The molecule has 0 N–H and O–H groups in total. The number of aryl methyl sites for hydroxylation is 1. The molecular weight excluding hydrogens is 360 g/mol. The zero-order valence-electron chi connectivity index (χ0n) is 15.5. The van der Waals surface area contributed by atoms with Crippen LogP contribution in [0, 0.1) is 6.92 Å². The number of rotatable bonds is 2. The molecule has 5 rings (SSSR count). The van der Waals surface area contributed by atoms with Gasteiger partial charge in [0, 0.05) is 17.2 Å². The van der Waals surface area contributed by atoms with Crippen LogP contribution in [0.1, 0.15) is 50.1 Å². The van der Waals surface area contributed by atoms with Crippen LogP contribution in [0.25, 0.3) is 11.0 Å². The fraction of sp³-hybridized carbons (Fsp3) is 0.227. The lowest BCUT2D eigenvalue weighted by Crippen LogP contribution is -2.23. The summed E-state index contributed by atoms with van der Waals surface area (Å²) in [5.41, 5.74) is 0.582. The number of epoxide rings is 1. The molecule has 6 nitrogen and oxygen atoms in total. The molecule has 2 aromatic carbocycles. The average molecular weight is 376 g/mol. The minimum atomic E-state index is -0.679. The first-order valence-electron chi connectivity index (χ1n) is 8.88. The molecule has 2 heterocycles. The summed E-state index contributed by atoms with van der Waals surface area (Å²) in [6.07, 6.45) is 0. The molecule has 1 unspecified atom stereocenters. The number of carbonyl (C=O) groups is 2. The van der Waals surface area contributed by atoms with Gasteiger partial charge in [0.2, 0.25) is 5.78 Å². The van der Waals surface area contributed by atoms with E-state index in [1.54, 1.807) is 31.2 Å². The van der Waals surface area contributed by atoms with E-state index in [-0.39, 0.29) is 39.0 Å². The van der Waals surface area contributed by atoms with Crippen LogP contribution in [0.2, 0.25) is 0 Å². The van der Waals surface area contributed by atoms with Crippen LogP contribution >= 0.6 is 0 Å². The first kappa shape index (κ1) is 16.9. The van der Waals surface area contributed by atoms with Crippen molar-refractivity contribution in [3.63, 3.8) is 0 Å². The summed E-state index contributed by atoms with van der Waals surface area (Å²) in [7, 11) is 1.44. The van der Waals surface area contributed by atoms with E-state index in [1.807, 2.05) is 6.92 Å². The van der Waals surface area contributed by atoms with Crippen LogP contribution in [-0.2, 0) is 10.3 Å². The fourth-order valence-electron chi connectivity index (χ4n) is 3.84. The molecule has 1 aliphatic carbocycles. The van der Waals surface area contributed by atoms with Crippen LogP contribution in [0.5, 0.6) is 5.75 Å². The van der Waals surface area contributed by atoms with E-state index in [4.69, 9.17) is 13.9 Å². The Hall–Kier alpha value is -3.25. The summed E-state index contributed by atoms with van der Waals surface area (Å²) < 4.78 is 16.7. The molecule has 0 spiro atoms. The van der Waals surface area contributed by atoms with Crippen molar-refractivity contribution in [1.29, 1.82) is 0 Å². The van der Waals surface area contributed by atoms with Gasteiger partial charge in [0.1, 0.15) is 22.7 Å². The Morgan fingerprint density at radius 3 is 2.46 bits per heavy atom. The molecule has 3 aromatic rings. The van der Waals surface area contributed by atoms with Gasteiger partial charge < -0.3 is 13.9 Å². The highest BCUT2D eigenvalue weighted by Gasteiger charge is 2.45. The van der Waals surface area contributed by atoms with Crippen LogP contribution in [0.3, 0.4) is 0 Å². The largest absolute Gasteiger partial charge is 0.496 e. The zero-order chi connectivity index (χ0) is 19.8. The van der Waals surface area contributed by atoms with E-state index in [0.29, 0.717) is 29.1 Å². The first-order chi connectivity index (χ1) is 13.4. The van der Waals surface area contributed by atoms with Gasteiger partial charge in [-0.2, -0.15) is 0 Å². The Morgan fingerprint density at radius 1 is 1.04 bits per heavy atom. The van der Waals surface area contributed by atoms with Crippen LogP contribution in [0.15, 0.2) is 39.5 Å². The highest BCUT2D eigenvalue weighted by atomic mass is 16.6. The SMILES string of the molecule is COc1cccc2c1C(=O)c1c(cc(C)c3c(=O)cc(C4(C)CO4)oc13)C2=O. The van der Waals surface area contributed by atoms with E-state index < -0.39 is 11.4 Å². The van der Waals surface area contributed by atoms with Gasteiger partial charge in [-0.1, -0.05) is 12.1 Å². The van der Waals surface area contributed by atoms with Crippen molar-refractivity contribution in [1.82, 2.24) is 0 Å². The Labute approximate surface area is 159 Å². The van der Waals surface area contributed by atoms with Crippen molar-refractivity contribution in [3.05, 3.63) is 74.1 Å². The van der Waals surface area contributed by atoms with Crippen molar-refractivity contribution in [3.8, 4) is 5.75 Å². The van der Waals surface area contributed by atoms with Gasteiger partial charge >= 0.3 is 0 Å². The highest BCUT2D eigenvalue weighted by Crippen LogP contribution is 2.41. The molecule has 0 radical (unpaired) electrons. The number of ketones is 2. The lowest BCUT2D eigenvalue weighted by atomic mass is 9.81. The summed E-state index contributed by atoms with van der Waals surface area (Å²) in [5.74, 6) is -0.0280. The van der Waals surface area contributed by atoms with E-state index in [0.717, 1.165) is 0 Å². The van der Waals surface area contributed by atoms with E-state index in [9.17, 15) is 14.4 Å². The number of fused-ring (bicyclic) bond motifs is 4. The van der Waals surface area contributed by atoms with Gasteiger partial charge in [-0.3, -0.25) is 14.4 Å². The van der Waals surface area contributed by atoms with Crippen molar-refractivity contribution < 1.29 is 23.5 Å². The Bertz CT molecular complexity index is 1280. The maximum atomic E-state index is 13.4. The molecule has 0 amide bonds. The smallest absolute Gasteiger partial charge is 0.202 e. The minimum Gasteiger partial charge on any atom is -0.496 e. The van der Waals surface area contributed by atoms with Crippen molar-refractivity contribution in [2.45, 2.75) is 19.4 Å². The molecular formula is C22H16O6. The normalized spacial score (nSPS) is 20.1. The minimum absolute atomic E-state index is 0.103. The predicted octanol–water partition coefficient (Wildman–Crippen LogP) is 3.13. The number of hydrogen-bond acceptors (Lipinski definition) is 6. The van der Waals surface area contributed by atoms with Crippen molar-refractivity contribution in [2.24, 2.45) is 0 Å². The van der Waals surface area contributed by atoms with Gasteiger partial charge in [0.15, 0.2) is 11.2 Å². The van der Waals surface area contributed by atoms with E-state index in [1.165, 1.54) is 13.2 Å². The summed E-state index contributed by atoms with van der Waals surface area (Å²) in [4.78, 5) is 39.4. The van der Waals surface area contributed by atoms with Crippen molar-refractivity contribution in [2.75, 3.05) is 13.7 Å². The summed E-state index contributed by atoms with van der Waals surface area (Å²) in [6.45, 7) is 3.97. The third kappa shape index (κ3) is 2.09. The molecule has 6 heteroatoms. The van der Waals surface area contributed by atoms with Crippen LogP contribution in [-0.4, -0.2) is 25.3 Å². The van der Waals surface area contributed by atoms with Gasteiger partial charge in [-0.15, -0.1) is 0 Å². The maximum absolute atomic E-state index is 13.4. The molecule has 0 saturated carbocycles. The van der Waals surface area contributed by atoms with E-state index >= 15 is 0 Å². The third-order valence-corrected chi connectivity index (χ3v) is 5.49. The molecule has 28 heavy (non-hydrogen) atoms. The van der Waals surface area contributed by atoms with Crippen LogP contribution in [0.4, 0.5) is 0 Å². The predicted molar refractivity (Wildman–Crippen MR) is 100 cm³/mol. The summed E-state index contributed by atoms with van der Waals surface area (Å²) in [5, 5.41) is 0.297. The topological polar surface area (TPSA) is 86.1 Å². The first-order valence-corrected chi connectivity index (χ1v) is 8.88. The number of hydrogen-bond donors (Lipinski definition) is 0. The van der Waals surface area contributed by atoms with E-state index in [2.05, 4.69) is 0 Å². The zero-order valence-corrected chi connectivity index (χ0v) is 15.5. The molecule has 1 saturated heterocycles. The number of benzene rings is 2. The summed E-state index contributed by atoms with van der Waals surface area (Å²) >= 11 is 0. The van der Waals surface area contributed by atoms with Gasteiger partial charge in [0.25, 0.3) is 0 Å². The standard InChI is InChI=1S/C22H16O6/c1-10-7-12-18(20(25)17-11(19(12)24)5-4-6-14(17)26-3)21-16(10)13(23)8-15(28-21)22(2)9-27-22/h4-8H,9H2,1-3H3. The maximum Gasteiger partial charge on any atom is 0.202 e. The second kappa shape index (κ2) is 5.39. The average Bonchev–Trinajstić information content (AvgIpc) is 3.43. The Balaban J connectivity index is 1.91. The second-order valence-electron chi connectivity index (χ2n) is 7.36. The van der Waals surface area contributed by atoms with Gasteiger partial charge in [-0.05, 0) is 31.5 Å². The lowest BCUT2D eigenvalue weighted by molar-refractivity contribution is 0.0976. The monoisotopic (exact) mass is 376 g/mol. The van der Waals surface area contributed by atoms with Gasteiger partial charge in [0.05, 0.1) is 30.2 Å². The Kier molecular flexibility index (Phi) is 3.25. The second-order valence-corrected chi connectivity index (χ2v) is 7.36. The van der Waals surface area contributed by atoms with Gasteiger partial charge in [-0.25, -0.2) is 0 Å². The molecule has 1 atom stereocenters. The molecule has 140 valence electrons. The molecule has 2 aliphatic rings. The molecule has 0 bridgehead atoms. The highest BCUT2D eigenvalue weighted by molar-refractivity contribution is 6.32. The molecule has 1 aliphatic heterocycles. The van der Waals surface area contributed by atoms with Crippen molar-refractivity contribution >= 4 is 22.5 Å². The number of carbonyl (C=O) groups excluding carboxylic acids is 2. The van der Waals surface area contributed by atoms with Crippen LogP contribution < -0.4 is 10.2 Å². The molecule has 1 aromatic heterocycles. The summed E-state index contributed by atoms with van der Waals surface area (Å²) in [6, 6.07) is 7.90. The number of ether oxygens (including phenoxy) is 2. The third-order valence-electron chi connectivity index (χ3n) is 5.49. The number of methoxy groups -OCH3 is 1. The Morgan fingerprint density at radius 2 is 1.79 bits per heavy atom.